The molecule has 25 heavy (non-hydrogen) atoms. The Bertz CT molecular complexity index is 649. The molecule has 0 spiro atoms. The van der Waals surface area contributed by atoms with Crippen LogP contribution >= 0.6 is 0 Å². The molecule has 1 aromatic heterocycles. The fraction of sp³-hybridized carbons (Fsp3) is 0.421. The number of benzene rings is 1. The summed E-state index contributed by atoms with van der Waals surface area (Å²) in [7, 11) is 0. The van der Waals surface area contributed by atoms with Crippen molar-refractivity contribution in [3.05, 3.63) is 54.0 Å². The van der Waals surface area contributed by atoms with E-state index in [1.54, 1.807) is 18.4 Å². The zero-order chi connectivity index (χ0) is 17.5. The molecule has 6 nitrogen and oxygen atoms in total. The Morgan fingerprint density at radius 2 is 2.00 bits per heavy atom. The average molecular weight is 345 g/mol. The molecule has 0 radical (unpaired) electrons. The van der Waals surface area contributed by atoms with Gasteiger partial charge in [-0.05, 0) is 43.3 Å². The van der Waals surface area contributed by atoms with Gasteiger partial charge < -0.3 is 24.1 Å². The molecule has 1 aliphatic rings. The lowest BCUT2D eigenvalue weighted by Gasteiger charge is -2.30. The summed E-state index contributed by atoms with van der Waals surface area (Å²) in [5, 5.41) is 3.03. The van der Waals surface area contributed by atoms with Crippen LogP contribution in [0.4, 0.5) is 0 Å². The third-order valence-electron chi connectivity index (χ3n) is 4.41. The molecule has 1 saturated heterocycles. The van der Waals surface area contributed by atoms with Gasteiger partial charge in [-0.2, -0.15) is 0 Å². The highest BCUT2D eigenvalue weighted by atomic mass is 16.5. The molecule has 3 rings (SSSR count). The van der Waals surface area contributed by atoms with Crippen LogP contribution in [0.1, 0.15) is 29.1 Å². The van der Waals surface area contributed by atoms with Gasteiger partial charge in [-0.15, -0.1) is 0 Å². The summed E-state index contributed by atoms with van der Waals surface area (Å²) in [6.45, 7) is 6.35. The van der Waals surface area contributed by atoms with Crippen LogP contribution in [-0.4, -0.2) is 45.4 Å². The number of rotatable bonds is 7. The maximum absolute atomic E-state index is 12.5. The summed E-state index contributed by atoms with van der Waals surface area (Å²) in [5.41, 5.74) is 0.624. The Labute approximate surface area is 147 Å². The van der Waals surface area contributed by atoms with Crippen molar-refractivity contribution in [1.82, 2.24) is 5.32 Å². The number of amides is 1. The summed E-state index contributed by atoms with van der Waals surface area (Å²) < 4.78 is 16.5. The van der Waals surface area contributed by atoms with Gasteiger partial charge in [0.2, 0.25) is 0 Å². The number of carbonyl (C=O) groups excluding carboxylic acids is 1. The Morgan fingerprint density at radius 3 is 2.64 bits per heavy atom. The van der Waals surface area contributed by atoms with E-state index in [-0.39, 0.29) is 11.9 Å². The first-order valence-corrected chi connectivity index (χ1v) is 8.74. The second kappa shape index (κ2) is 8.69. The molecule has 0 saturated carbocycles. The first-order chi connectivity index (χ1) is 12.3. The molecule has 1 amide bonds. The van der Waals surface area contributed by atoms with E-state index < -0.39 is 0 Å². The average Bonchev–Trinajstić information content (AvgIpc) is 3.18. The molecule has 0 bridgehead atoms. The van der Waals surface area contributed by atoms with Crippen molar-refractivity contribution >= 4 is 5.91 Å². The molecule has 2 heterocycles. The number of hydrogen-bond acceptors (Lipinski definition) is 4. The fourth-order valence-corrected chi connectivity index (χ4v) is 3.08. The summed E-state index contributed by atoms with van der Waals surface area (Å²) in [6, 6.07) is 11.1. The van der Waals surface area contributed by atoms with E-state index in [9.17, 15) is 4.79 Å². The van der Waals surface area contributed by atoms with Crippen LogP contribution in [0.2, 0.25) is 0 Å². The normalized spacial score (nSPS) is 16.4. The summed E-state index contributed by atoms with van der Waals surface area (Å²) >= 11 is 0. The first kappa shape index (κ1) is 17.5. The zero-order valence-electron chi connectivity index (χ0n) is 14.5. The van der Waals surface area contributed by atoms with Gasteiger partial charge in [-0.1, -0.05) is 0 Å². The lowest BCUT2D eigenvalue weighted by Crippen LogP contribution is -3.15. The molecule has 2 N–H and O–H groups in total. The molecular formula is C19H25N2O4+. The number of carbonyl (C=O) groups is 1. The predicted octanol–water partition coefficient (Wildman–Crippen LogP) is 1.06. The second-order valence-corrected chi connectivity index (χ2v) is 6.01. The van der Waals surface area contributed by atoms with Crippen molar-refractivity contribution in [2.24, 2.45) is 0 Å². The number of nitrogens with one attached hydrogen (secondary N) is 2. The number of furan rings is 1. The van der Waals surface area contributed by atoms with Crippen molar-refractivity contribution in [2.75, 3.05) is 39.5 Å². The topological polar surface area (TPSA) is 65.1 Å². The van der Waals surface area contributed by atoms with E-state index in [2.05, 4.69) is 5.32 Å². The molecule has 1 atom stereocenters. The van der Waals surface area contributed by atoms with Gasteiger partial charge in [0, 0.05) is 5.56 Å². The van der Waals surface area contributed by atoms with Crippen molar-refractivity contribution < 1.29 is 23.6 Å². The van der Waals surface area contributed by atoms with E-state index in [4.69, 9.17) is 13.9 Å². The Morgan fingerprint density at radius 1 is 1.24 bits per heavy atom. The van der Waals surface area contributed by atoms with Gasteiger partial charge in [0.25, 0.3) is 5.91 Å². The van der Waals surface area contributed by atoms with Gasteiger partial charge in [0.05, 0.1) is 32.6 Å². The number of ether oxygens (including phenoxy) is 2. The van der Waals surface area contributed by atoms with Crippen LogP contribution in [0.5, 0.6) is 5.75 Å². The van der Waals surface area contributed by atoms with Gasteiger partial charge in [-0.3, -0.25) is 4.79 Å². The largest absolute Gasteiger partial charge is 0.494 e. The summed E-state index contributed by atoms with van der Waals surface area (Å²) in [6.07, 6.45) is 1.68. The highest BCUT2D eigenvalue weighted by molar-refractivity contribution is 5.94. The molecule has 2 aromatic rings. The molecular weight excluding hydrogens is 320 g/mol. The quantitative estimate of drug-likeness (QED) is 0.788. The maximum atomic E-state index is 12.5. The van der Waals surface area contributed by atoms with E-state index in [1.807, 2.05) is 31.2 Å². The summed E-state index contributed by atoms with van der Waals surface area (Å²) in [5.74, 6) is 1.57. The lowest BCUT2D eigenvalue weighted by molar-refractivity contribution is -0.938. The van der Waals surface area contributed by atoms with Gasteiger partial charge in [0.1, 0.15) is 18.8 Å². The van der Waals surface area contributed by atoms with E-state index in [0.717, 1.165) is 37.8 Å². The Hall–Kier alpha value is -2.31. The van der Waals surface area contributed by atoms with Gasteiger partial charge in [0.15, 0.2) is 11.8 Å². The van der Waals surface area contributed by atoms with Crippen LogP contribution in [-0.2, 0) is 4.74 Å². The Balaban J connectivity index is 1.62. The van der Waals surface area contributed by atoms with Crippen molar-refractivity contribution in [2.45, 2.75) is 13.0 Å². The molecule has 134 valence electrons. The van der Waals surface area contributed by atoms with E-state index >= 15 is 0 Å². The van der Waals surface area contributed by atoms with Crippen LogP contribution < -0.4 is 15.0 Å². The lowest BCUT2D eigenvalue weighted by atomic mass is 10.1. The van der Waals surface area contributed by atoms with Crippen molar-refractivity contribution in [3.63, 3.8) is 0 Å². The fourth-order valence-electron chi connectivity index (χ4n) is 3.08. The Kier molecular flexibility index (Phi) is 6.09. The minimum atomic E-state index is -0.0905. The molecule has 0 unspecified atom stereocenters. The second-order valence-electron chi connectivity index (χ2n) is 6.01. The minimum Gasteiger partial charge on any atom is -0.494 e. The molecule has 6 heteroatoms. The monoisotopic (exact) mass is 345 g/mol. The maximum Gasteiger partial charge on any atom is 0.251 e. The van der Waals surface area contributed by atoms with Crippen LogP contribution in [0.3, 0.4) is 0 Å². The molecule has 1 fully saturated rings. The highest BCUT2D eigenvalue weighted by Crippen LogP contribution is 2.13. The summed E-state index contributed by atoms with van der Waals surface area (Å²) in [4.78, 5) is 13.8. The zero-order valence-corrected chi connectivity index (χ0v) is 14.5. The standard InChI is InChI=1S/C19H24N2O4/c1-2-24-16-7-5-15(6-8-16)19(22)20-14-17(18-4-3-11-25-18)21-9-12-23-13-10-21/h3-8,11,17H,2,9-10,12-14H2,1H3,(H,20,22)/p+1/t17-/m0/s1. The smallest absolute Gasteiger partial charge is 0.251 e. The SMILES string of the molecule is CCOc1ccc(C(=O)NC[C@@H](c2ccco2)[NH+]2CCOCC2)cc1. The van der Waals surface area contributed by atoms with Crippen LogP contribution in [0, 0.1) is 0 Å². The third-order valence-corrected chi connectivity index (χ3v) is 4.41. The highest BCUT2D eigenvalue weighted by Gasteiger charge is 2.29. The molecule has 1 aromatic carbocycles. The number of quaternary nitrogens is 1. The molecule has 0 aliphatic carbocycles. The van der Waals surface area contributed by atoms with Gasteiger partial charge in [-0.25, -0.2) is 0 Å². The van der Waals surface area contributed by atoms with E-state index in [1.165, 1.54) is 4.90 Å². The minimum absolute atomic E-state index is 0.0885. The first-order valence-electron chi connectivity index (χ1n) is 8.74. The number of morpholine rings is 1. The van der Waals surface area contributed by atoms with Crippen molar-refractivity contribution in [3.8, 4) is 5.75 Å². The van der Waals surface area contributed by atoms with E-state index in [0.29, 0.717) is 18.7 Å². The van der Waals surface area contributed by atoms with Crippen molar-refractivity contribution in [1.29, 1.82) is 0 Å². The number of hydrogen-bond donors (Lipinski definition) is 2. The third kappa shape index (κ3) is 4.61. The molecule has 1 aliphatic heterocycles. The van der Waals surface area contributed by atoms with Crippen LogP contribution in [0.25, 0.3) is 0 Å². The van der Waals surface area contributed by atoms with Crippen LogP contribution in [0.15, 0.2) is 47.1 Å². The predicted molar refractivity (Wildman–Crippen MR) is 92.9 cm³/mol. The van der Waals surface area contributed by atoms with Gasteiger partial charge >= 0.3 is 0 Å².